The van der Waals surface area contributed by atoms with Crippen LogP contribution in [-0.4, -0.2) is 29.7 Å². The fourth-order valence-corrected chi connectivity index (χ4v) is 2.50. The molecule has 20 heavy (non-hydrogen) atoms. The molecule has 0 aliphatic carbocycles. The Morgan fingerprint density at radius 3 is 2.95 bits per heavy atom. The first-order valence-electron chi connectivity index (χ1n) is 6.45. The minimum Gasteiger partial charge on any atom is -0.356 e. The highest BCUT2D eigenvalue weighted by Crippen LogP contribution is 2.16. The standard InChI is InChI=1S/C13H19N5OS/c1-9(11-4-5-20-8-11)6-15-13(14-3)16-7-12-17-10(2)18-19-12/h4-5,8-9H,6-7H2,1-3H3,(H2,14,15,16). The summed E-state index contributed by atoms with van der Waals surface area (Å²) in [5, 5.41) is 14.4. The van der Waals surface area contributed by atoms with E-state index in [1.54, 1.807) is 25.3 Å². The third kappa shape index (κ3) is 4.06. The van der Waals surface area contributed by atoms with Gasteiger partial charge >= 0.3 is 0 Å². The summed E-state index contributed by atoms with van der Waals surface area (Å²) in [7, 11) is 1.74. The van der Waals surface area contributed by atoms with Crippen molar-refractivity contribution in [2.24, 2.45) is 4.99 Å². The highest BCUT2D eigenvalue weighted by molar-refractivity contribution is 7.07. The summed E-state index contributed by atoms with van der Waals surface area (Å²) in [6.07, 6.45) is 0. The molecule has 7 heteroatoms. The Balaban J connectivity index is 1.78. The van der Waals surface area contributed by atoms with Crippen LogP contribution in [0.2, 0.25) is 0 Å². The molecule has 108 valence electrons. The van der Waals surface area contributed by atoms with E-state index in [2.05, 4.69) is 49.5 Å². The first-order chi connectivity index (χ1) is 9.69. The van der Waals surface area contributed by atoms with Crippen LogP contribution < -0.4 is 10.6 Å². The van der Waals surface area contributed by atoms with Crippen LogP contribution in [0.5, 0.6) is 0 Å². The Bertz CT molecular complexity index is 549. The predicted molar refractivity (Wildman–Crippen MR) is 80.0 cm³/mol. The van der Waals surface area contributed by atoms with Gasteiger partial charge in [-0.2, -0.15) is 16.3 Å². The minimum atomic E-state index is 0.436. The SMILES string of the molecule is CN=C(NCc1nc(C)no1)NCC(C)c1ccsc1. The molecule has 1 atom stereocenters. The van der Waals surface area contributed by atoms with Crippen LogP contribution in [0.25, 0.3) is 0 Å². The van der Waals surface area contributed by atoms with Crippen LogP contribution in [0.1, 0.15) is 30.1 Å². The fraction of sp³-hybridized carbons (Fsp3) is 0.462. The van der Waals surface area contributed by atoms with E-state index in [0.29, 0.717) is 24.2 Å². The quantitative estimate of drug-likeness (QED) is 0.650. The first-order valence-corrected chi connectivity index (χ1v) is 7.39. The van der Waals surface area contributed by atoms with Crippen molar-refractivity contribution in [1.29, 1.82) is 0 Å². The monoisotopic (exact) mass is 293 g/mol. The van der Waals surface area contributed by atoms with E-state index in [1.165, 1.54) is 5.56 Å². The van der Waals surface area contributed by atoms with Gasteiger partial charge in [-0.1, -0.05) is 12.1 Å². The van der Waals surface area contributed by atoms with Crippen LogP contribution >= 0.6 is 11.3 Å². The van der Waals surface area contributed by atoms with Crippen molar-refractivity contribution >= 4 is 17.3 Å². The van der Waals surface area contributed by atoms with Gasteiger partial charge in [-0.05, 0) is 35.2 Å². The molecule has 0 amide bonds. The molecule has 6 nitrogen and oxygen atoms in total. The van der Waals surface area contributed by atoms with Gasteiger partial charge in [0.25, 0.3) is 0 Å². The van der Waals surface area contributed by atoms with Gasteiger partial charge < -0.3 is 15.2 Å². The maximum Gasteiger partial charge on any atom is 0.246 e. The number of aryl methyl sites for hydroxylation is 1. The summed E-state index contributed by atoms with van der Waals surface area (Å²) in [4.78, 5) is 8.30. The van der Waals surface area contributed by atoms with E-state index in [-0.39, 0.29) is 0 Å². The Labute approximate surface area is 122 Å². The van der Waals surface area contributed by atoms with Gasteiger partial charge in [0.2, 0.25) is 5.89 Å². The maximum atomic E-state index is 5.04. The van der Waals surface area contributed by atoms with Crippen LogP contribution in [0.15, 0.2) is 26.3 Å². The Hall–Kier alpha value is -1.89. The lowest BCUT2D eigenvalue weighted by atomic mass is 10.1. The van der Waals surface area contributed by atoms with E-state index in [1.807, 2.05) is 0 Å². The lowest BCUT2D eigenvalue weighted by Gasteiger charge is -2.14. The average molecular weight is 293 g/mol. The summed E-state index contributed by atoms with van der Waals surface area (Å²) in [6.45, 7) is 5.26. The molecule has 2 aromatic heterocycles. The predicted octanol–water partition coefficient (Wildman–Crippen LogP) is 1.91. The lowest BCUT2D eigenvalue weighted by Crippen LogP contribution is -2.38. The Morgan fingerprint density at radius 1 is 1.50 bits per heavy atom. The molecule has 0 saturated heterocycles. The zero-order valence-electron chi connectivity index (χ0n) is 11.9. The number of hydrogen-bond donors (Lipinski definition) is 2. The van der Waals surface area contributed by atoms with Crippen molar-refractivity contribution in [3.63, 3.8) is 0 Å². The van der Waals surface area contributed by atoms with Crippen molar-refractivity contribution in [2.45, 2.75) is 26.3 Å². The Morgan fingerprint density at radius 2 is 2.35 bits per heavy atom. The summed E-state index contributed by atoms with van der Waals surface area (Å²) in [5.41, 5.74) is 1.34. The normalized spacial score (nSPS) is 13.2. The Kier molecular flexibility index (Phi) is 5.11. The molecule has 2 N–H and O–H groups in total. The zero-order valence-corrected chi connectivity index (χ0v) is 12.7. The van der Waals surface area contributed by atoms with Crippen molar-refractivity contribution < 1.29 is 4.52 Å². The van der Waals surface area contributed by atoms with Gasteiger partial charge in [0.15, 0.2) is 11.8 Å². The second kappa shape index (κ2) is 7.04. The maximum absolute atomic E-state index is 5.04. The second-order valence-electron chi connectivity index (χ2n) is 4.50. The summed E-state index contributed by atoms with van der Waals surface area (Å²) >= 11 is 1.72. The third-order valence-corrected chi connectivity index (χ3v) is 3.59. The average Bonchev–Trinajstić information content (AvgIpc) is 3.10. The van der Waals surface area contributed by atoms with Crippen molar-refractivity contribution in [2.75, 3.05) is 13.6 Å². The minimum absolute atomic E-state index is 0.436. The van der Waals surface area contributed by atoms with E-state index >= 15 is 0 Å². The molecule has 0 aliphatic heterocycles. The summed E-state index contributed by atoms with van der Waals surface area (Å²) in [6, 6.07) is 2.15. The lowest BCUT2D eigenvalue weighted by molar-refractivity contribution is 0.371. The molecule has 0 radical (unpaired) electrons. The van der Waals surface area contributed by atoms with E-state index in [4.69, 9.17) is 4.52 Å². The number of aromatic nitrogens is 2. The molecule has 2 aromatic rings. The first kappa shape index (κ1) is 14.5. The molecule has 2 rings (SSSR count). The van der Waals surface area contributed by atoms with E-state index in [9.17, 15) is 0 Å². The van der Waals surface area contributed by atoms with Crippen molar-refractivity contribution in [1.82, 2.24) is 20.8 Å². The smallest absolute Gasteiger partial charge is 0.246 e. The molecule has 1 unspecified atom stereocenters. The van der Waals surface area contributed by atoms with Gasteiger partial charge in [-0.25, -0.2) is 0 Å². The van der Waals surface area contributed by atoms with Crippen molar-refractivity contribution in [3.05, 3.63) is 34.1 Å². The number of nitrogens with one attached hydrogen (secondary N) is 2. The van der Waals surface area contributed by atoms with Gasteiger partial charge in [-0.3, -0.25) is 4.99 Å². The number of nitrogens with zero attached hydrogens (tertiary/aromatic N) is 3. The third-order valence-electron chi connectivity index (χ3n) is 2.89. The second-order valence-corrected chi connectivity index (χ2v) is 5.28. The molecule has 0 saturated carbocycles. The van der Waals surface area contributed by atoms with Crippen LogP contribution in [0.4, 0.5) is 0 Å². The van der Waals surface area contributed by atoms with Gasteiger partial charge in [0, 0.05) is 13.6 Å². The molecule has 0 fully saturated rings. The number of aliphatic imine (C=N–C) groups is 1. The van der Waals surface area contributed by atoms with Crippen LogP contribution in [-0.2, 0) is 6.54 Å². The van der Waals surface area contributed by atoms with Gasteiger partial charge in [0.05, 0.1) is 6.54 Å². The van der Waals surface area contributed by atoms with E-state index < -0.39 is 0 Å². The van der Waals surface area contributed by atoms with Crippen LogP contribution in [0.3, 0.4) is 0 Å². The molecule has 0 spiro atoms. The summed E-state index contributed by atoms with van der Waals surface area (Å²) in [5.74, 6) is 2.35. The molecular weight excluding hydrogens is 274 g/mol. The van der Waals surface area contributed by atoms with Crippen molar-refractivity contribution in [3.8, 4) is 0 Å². The summed E-state index contributed by atoms with van der Waals surface area (Å²) < 4.78 is 5.04. The molecular formula is C13H19N5OS. The molecule has 0 bridgehead atoms. The van der Waals surface area contributed by atoms with Crippen LogP contribution in [0, 0.1) is 6.92 Å². The molecule has 0 aromatic carbocycles. The zero-order chi connectivity index (χ0) is 14.4. The number of hydrogen-bond acceptors (Lipinski definition) is 5. The molecule has 2 heterocycles. The topological polar surface area (TPSA) is 75.3 Å². The molecule has 0 aliphatic rings. The van der Waals surface area contributed by atoms with Gasteiger partial charge in [0.1, 0.15) is 0 Å². The largest absolute Gasteiger partial charge is 0.356 e. The van der Waals surface area contributed by atoms with E-state index in [0.717, 1.165) is 12.5 Å². The number of thiophene rings is 1. The number of guanidine groups is 1. The van der Waals surface area contributed by atoms with Gasteiger partial charge in [-0.15, -0.1) is 0 Å². The fourth-order valence-electron chi connectivity index (χ4n) is 1.71. The number of rotatable bonds is 5. The highest BCUT2D eigenvalue weighted by Gasteiger charge is 2.08. The highest BCUT2D eigenvalue weighted by atomic mass is 32.1.